The molecule has 0 spiro atoms. The minimum atomic E-state index is -0.485. The lowest BCUT2D eigenvalue weighted by atomic mass is 10.0. The third kappa shape index (κ3) is 3.53. The smallest absolute Gasteiger partial charge is 0.270 e. The normalized spacial score (nSPS) is 15.8. The molecule has 0 amide bonds. The summed E-state index contributed by atoms with van der Waals surface area (Å²) in [4.78, 5) is 14.6. The van der Waals surface area contributed by atoms with E-state index in [0.29, 0.717) is 18.2 Å². The molecular weight excluding hydrogens is 284 g/mol. The molecule has 1 saturated heterocycles. The molecule has 1 aliphatic rings. The van der Waals surface area contributed by atoms with Gasteiger partial charge in [-0.3, -0.25) is 10.1 Å². The second-order valence-corrected chi connectivity index (χ2v) is 5.49. The van der Waals surface area contributed by atoms with Crippen LogP contribution in [-0.2, 0) is 0 Å². The van der Waals surface area contributed by atoms with E-state index in [1.165, 1.54) is 12.1 Å². The Morgan fingerprint density at radius 3 is 2.73 bits per heavy atom. The van der Waals surface area contributed by atoms with Crippen molar-refractivity contribution in [1.29, 1.82) is 5.26 Å². The molecule has 1 aliphatic heterocycles. The van der Waals surface area contributed by atoms with E-state index in [4.69, 9.17) is 5.11 Å². The van der Waals surface area contributed by atoms with Crippen LogP contribution in [0.2, 0.25) is 0 Å². The number of piperidine rings is 1. The second kappa shape index (κ2) is 7.20. The van der Waals surface area contributed by atoms with Gasteiger partial charge in [0.05, 0.1) is 22.8 Å². The topological polar surface area (TPSA) is 93.6 Å². The zero-order valence-corrected chi connectivity index (χ0v) is 12.6. The highest BCUT2D eigenvalue weighted by molar-refractivity contribution is 5.63. The van der Waals surface area contributed by atoms with Gasteiger partial charge in [0, 0.05) is 37.8 Å². The minimum Gasteiger partial charge on any atom is -0.395 e. The van der Waals surface area contributed by atoms with Gasteiger partial charge in [0.1, 0.15) is 6.07 Å². The van der Waals surface area contributed by atoms with Gasteiger partial charge in [0.25, 0.3) is 5.69 Å². The van der Waals surface area contributed by atoms with Crippen LogP contribution in [0.3, 0.4) is 0 Å². The molecule has 0 saturated carbocycles. The van der Waals surface area contributed by atoms with Crippen molar-refractivity contribution in [2.45, 2.75) is 18.9 Å². The summed E-state index contributed by atoms with van der Waals surface area (Å²) in [5, 5.41) is 29.0. The molecule has 0 radical (unpaired) electrons. The number of nitriles is 1. The Balaban J connectivity index is 2.08. The molecule has 0 unspecified atom stereocenters. The van der Waals surface area contributed by atoms with E-state index in [2.05, 4.69) is 15.9 Å². The number of rotatable bonds is 5. The van der Waals surface area contributed by atoms with Gasteiger partial charge in [-0.1, -0.05) is 0 Å². The number of aliphatic hydroxyl groups excluding tert-OH is 1. The number of non-ortho nitro benzene ring substituents is 1. The molecule has 1 aromatic rings. The second-order valence-electron chi connectivity index (χ2n) is 5.49. The molecule has 0 aromatic heterocycles. The first-order valence-corrected chi connectivity index (χ1v) is 7.31. The average molecular weight is 304 g/mol. The Morgan fingerprint density at radius 1 is 1.50 bits per heavy atom. The first kappa shape index (κ1) is 16.2. The van der Waals surface area contributed by atoms with Crippen LogP contribution < -0.4 is 4.90 Å². The first-order valence-electron chi connectivity index (χ1n) is 7.31. The number of anilines is 1. The van der Waals surface area contributed by atoms with E-state index < -0.39 is 4.92 Å². The number of hydrogen-bond acceptors (Lipinski definition) is 6. The fourth-order valence-corrected chi connectivity index (χ4v) is 2.89. The average Bonchev–Trinajstić information content (AvgIpc) is 2.54. The van der Waals surface area contributed by atoms with E-state index in [1.807, 2.05) is 7.05 Å². The molecule has 22 heavy (non-hydrogen) atoms. The zero-order valence-electron chi connectivity index (χ0n) is 12.6. The highest BCUT2D eigenvalue weighted by atomic mass is 16.6. The predicted octanol–water partition coefficient (Wildman–Crippen LogP) is 1.36. The van der Waals surface area contributed by atoms with Crippen molar-refractivity contribution in [3.8, 4) is 6.07 Å². The highest BCUT2D eigenvalue weighted by Gasteiger charge is 2.24. The fourth-order valence-electron chi connectivity index (χ4n) is 2.89. The fraction of sp³-hybridized carbons (Fsp3) is 0.533. The standard InChI is InChI=1S/C15H20N4O3/c1-17(8-9-20)13-4-6-18(7-5-13)15-3-2-14(19(21)22)10-12(15)11-16/h2-3,10,13,20H,4-9H2,1H3. The van der Waals surface area contributed by atoms with Crippen LogP contribution >= 0.6 is 0 Å². The van der Waals surface area contributed by atoms with Crippen molar-refractivity contribution in [2.24, 2.45) is 0 Å². The lowest BCUT2D eigenvalue weighted by Crippen LogP contribution is -2.44. The molecule has 1 fully saturated rings. The van der Waals surface area contributed by atoms with E-state index in [1.54, 1.807) is 6.07 Å². The number of nitro benzene ring substituents is 1. The van der Waals surface area contributed by atoms with Crippen LogP contribution in [0.25, 0.3) is 0 Å². The lowest BCUT2D eigenvalue weighted by Gasteiger charge is -2.37. The number of aliphatic hydroxyl groups is 1. The zero-order chi connectivity index (χ0) is 16.1. The molecule has 2 rings (SSSR count). The quantitative estimate of drug-likeness (QED) is 0.652. The Kier molecular flexibility index (Phi) is 5.31. The van der Waals surface area contributed by atoms with Gasteiger partial charge in [-0.25, -0.2) is 0 Å². The Bertz CT molecular complexity index is 577. The van der Waals surface area contributed by atoms with Crippen LogP contribution in [0.5, 0.6) is 0 Å². The maximum atomic E-state index is 10.8. The van der Waals surface area contributed by atoms with Gasteiger partial charge in [-0.05, 0) is 26.0 Å². The van der Waals surface area contributed by atoms with E-state index in [9.17, 15) is 15.4 Å². The van der Waals surface area contributed by atoms with Crippen molar-refractivity contribution in [3.05, 3.63) is 33.9 Å². The maximum absolute atomic E-state index is 10.8. The third-order valence-electron chi connectivity index (χ3n) is 4.19. The molecule has 118 valence electrons. The molecular formula is C15H20N4O3. The number of nitrogens with zero attached hydrogens (tertiary/aromatic N) is 4. The molecule has 0 bridgehead atoms. The Morgan fingerprint density at radius 2 is 2.18 bits per heavy atom. The number of hydrogen-bond donors (Lipinski definition) is 1. The Hall–Kier alpha value is -2.17. The van der Waals surface area contributed by atoms with Gasteiger partial charge in [-0.15, -0.1) is 0 Å². The summed E-state index contributed by atoms with van der Waals surface area (Å²) in [6.45, 7) is 2.41. The summed E-state index contributed by atoms with van der Waals surface area (Å²) in [5.74, 6) is 0. The molecule has 0 atom stereocenters. The summed E-state index contributed by atoms with van der Waals surface area (Å²) < 4.78 is 0. The van der Waals surface area contributed by atoms with Gasteiger partial charge in [0.15, 0.2) is 0 Å². The van der Waals surface area contributed by atoms with Crippen molar-refractivity contribution in [2.75, 3.05) is 38.2 Å². The van der Waals surface area contributed by atoms with Crippen LogP contribution in [0.15, 0.2) is 18.2 Å². The van der Waals surface area contributed by atoms with Crippen LogP contribution in [-0.4, -0.2) is 54.3 Å². The third-order valence-corrected chi connectivity index (χ3v) is 4.19. The summed E-state index contributed by atoms with van der Waals surface area (Å²) in [5.41, 5.74) is 1.05. The Labute approximate surface area is 129 Å². The van der Waals surface area contributed by atoms with Crippen LogP contribution in [0.1, 0.15) is 18.4 Å². The van der Waals surface area contributed by atoms with E-state index in [0.717, 1.165) is 31.6 Å². The van der Waals surface area contributed by atoms with Gasteiger partial charge < -0.3 is 14.9 Å². The number of likely N-dealkylation sites (N-methyl/N-ethyl adjacent to an activating group) is 1. The van der Waals surface area contributed by atoms with Crippen LogP contribution in [0, 0.1) is 21.4 Å². The SMILES string of the molecule is CN(CCO)C1CCN(c2ccc([N+](=O)[O-])cc2C#N)CC1. The molecule has 1 N–H and O–H groups in total. The van der Waals surface area contributed by atoms with Gasteiger partial charge in [0.2, 0.25) is 0 Å². The molecule has 7 heteroatoms. The first-order chi connectivity index (χ1) is 10.6. The van der Waals surface area contributed by atoms with Gasteiger partial charge in [-0.2, -0.15) is 5.26 Å². The van der Waals surface area contributed by atoms with Crippen molar-refractivity contribution < 1.29 is 10.0 Å². The van der Waals surface area contributed by atoms with E-state index >= 15 is 0 Å². The summed E-state index contributed by atoms with van der Waals surface area (Å²) in [7, 11) is 2.00. The largest absolute Gasteiger partial charge is 0.395 e. The van der Waals surface area contributed by atoms with E-state index in [-0.39, 0.29) is 12.3 Å². The molecule has 7 nitrogen and oxygen atoms in total. The number of nitro groups is 1. The minimum absolute atomic E-state index is 0.0575. The maximum Gasteiger partial charge on any atom is 0.270 e. The number of benzene rings is 1. The molecule has 1 aromatic carbocycles. The van der Waals surface area contributed by atoms with Crippen molar-refractivity contribution >= 4 is 11.4 Å². The summed E-state index contributed by atoms with van der Waals surface area (Å²) >= 11 is 0. The van der Waals surface area contributed by atoms with Gasteiger partial charge >= 0.3 is 0 Å². The van der Waals surface area contributed by atoms with Crippen molar-refractivity contribution in [1.82, 2.24) is 4.90 Å². The predicted molar refractivity (Wildman–Crippen MR) is 82.8 cm³/mol. The molecule has 1 heterocycles. The monoisotopic (exact) mass is 304 g/mol. The molecule has 0 aliphatic carbocycles. The van der Waals surface area contributed by atoms with Crippen molar-refractivity contribution in [3.63, 3.8) is 0 Å². The lowest BCUT2D eigenvalue weighted by molar-refractivity contribution is -0.384. The summed E-state index contributed by atoms with van der Waals surface area (Å²) in [6, 6.07) is 6.91. The highest BCUT2D eigenvalue weighted by Crippen LogP contribution is 2.28. The van der Waals surface area contributed by atoms with Crippen LogP contribution in [0.4, 0.5) is 11.4 Å². The summed E-state index contributed by atoms with van der Waals surface area (Å²) in [6.07, 6.45) is 1.89.